The summed E-state index contributed by atoms with van der Waals surface area (Å²) >= 11 is 0. The molecule has 7 aliphatic heterocycles. The Morgan fingerprint density at radius 3 is 1.43 bits per heavy atom. The molecule has 7 aliphatic rings. The van der Waals surface area contributed by atoms with Crippen LogP contribution in [0.3, 0.4) is 0 Å². The smallest absolute Gasteiger partial charge is 0.220 e. The number of carbonyl (C=O) groups excluding carboxylic acids is 1. The monoisotopic (exact) mass is 1330 g/mol. The number of hydrogen-bond acceptors (Lipinski definition) is 38. The number of carboxylic acids is 1. The van der Waals surface area contributed by atoms with Crippen molar-refractivity contribution in [3.63, 3.8) is 0 Å². The number of ether oxygens (including phenoxy) is 11. The van der Waals surface area contributed by atoms with Gasteiger partial charge in [0.1, 0.15) is 55.4 Å². The van der Waals surface area contributed by atoms with Crippen LogP contribution in [0, 0.1) is 41.4 Å². The van der Waals surface area contributed by atoms with E-state index in [-0.39, 0.29) is 5.92 Å². The van der Waals surface area contributed by atoms with Gasteiger partial charge < -0.3 is 94.4 Å². The molecule has 38 nitrogen and oxygen atoms in total. The minimum atomic E-state index is -6.25. The number of rotatable bonds is 26. The zero-order chi connectivity index (χ0) is 62.5. The highest BCUT2D eigenvalue weighted by Crippen LogP contribution is 2.48. The maximum atomic E-state index is 12.9. The Morgan fingerprint density at radius 2 is 0.916 bits per heavy atom. The summed E-state index contributed by atoms with van der Waals surface area (Å²) in [5.41, 5.74) is 0. The van der Waals surface area contributed by atoms with E-state index in [1.807, 2.05) is 0 Å². The Balaban J connectivity index is 1.34. The lowest BCUT2D eigenvalue weighted by molar-refractivity contribution is -0.526. The third-order valence-corrected chi connectivity index (χ3v) is 17.8. The molecule has 44 heteroatoms. The van der Waals surface area contributed by atoms with Crippen molar-refractivity contribution in [2.24, 2.45) is 41.4 Å². The molecule has 0 aliphatic carbocycles. The van der Waals surface area contributed by atoms with Gasteiger partial charge >= 0.3 is 0 Å². The maximum Gasteiger partial charge on any atom is 0.220 e. The Hall–Kier alpha value is -1.79. The van der Waals surface area contributed by atoms with Crippen LogP contribution in [0.15, 0.2) is 0 Å². The summed E-state index contributed by atoms with van der Waals surface area (Å²) in [5, 5.41) is 25.3. The van der Waals surface area contributed by atoms with Gasteiger partial charge in [0.05, 0.1) is 50.2 Å². The fraction of sp³-hybridized carbons (Fsp3) is 0.974. The lowest BCUT2D eigenvalue weighted by Crippen LogP contribution is -2.74. The molecule has 25 atom stereocenters. The summed E-state index contributed by atoms with van der Waals surface area (Å²) < 4.78 is 307. The molecule has 7 rings (SSSR count). The predicted molar refractivity (Wildman–Crippen MR) is 243 cm³/mol. The molecular weight excluding hydrogens is 1270 g/mol. The second-order valence-electron chi connectivity index (χ2n) is 20.4. The topological polar surface area (TPSA) is 563 Å². The van der Waals surface area contributed by atoms with Gasteiger partial charge in [-0.05, 0) is 31.5 Å². The molecule has 0 radical (unpaired) electrons. The van der Waals surface area contributed by atoms with Gasteiger partial charge in [0, 0.05) is 23.7 Å². The van der Waals surface area contributed by atoms with Crippen molar-refractivity contribution in [3.8, 4) is 0 Å². The molecule has 11 unspecified atom stereocenters. The normalized spacial score (nSPS) is 42.3. The summed E-state index contributed by atoms with van der Waals surface area (Å²) in [5.74, 6) is -11.3. The van der Waals surface area contributed by atoms with Crippen LogP contribution in [0.5, 0.6) is 0 Å². The van der Waals surface area contributed by atoms with Gasteiger partial charge in [-0.1, -0.05) is 48.5 Å². The highest BCUT2D eigenvalue weighted by atomic mass is 32.3. The van der Waals surface area contributed by atoms with Gasteiger partial charge in [-0.15, -0.1) is 0 Å². The molecule has 0 spiro atoms. The molecule has 0 N–H and O–H groups in total. The van der Waals surface area contributed by atoms with Gasteiger partial charge in [0.2, 0.25) is 68.2 Å². The number of hydrogen-bond donors (Lipinski definition) is 0. The zero-order valence-electron chi connectivity index (χ0n) is 44.4. The lowest BCUT2D eigenvalue weighted by atomic mass is 9.78. The van der Waals surface area contributed by atoms with Gasteiger partial charge in [-0.25, -0.2) is 50.5 Å². The highest BCUT2D eigenvalue weighted by molar-refractivity contribution is 7.82. The summed E-state index contributed by atoms with van der Waals surface area (Å²) in [7, 11) is -34.5. The van der Waals surface area contributed by atoms with Crippen LogP contribution in [0.2, 0.25) is 0 Å². The number of aliphatic carboxylic acids is 1. The summed E-state index contributed by atoms with van der Waals surface area (Å²) in [4.78, 5) is 12.9. The molecule has 7 saturated heterocycles. The molecule has 0 saturated carbocycles. The summed E-state index contributed by atoms with van der Waals surface area (Å²) in [6.45, 7) is 5.33. The van der Waals surface area contributed by atoms with Crippen molar-refractivity contribution in [1.29, 1.82) is 0 Å². The van der Waals surface area contributed by atoms with E-state index in [1.165, 1.54) is 34.6 Å². The van der Waals surface area contributed by atoms with E-state index in [1.54, 1.807) is 20.8 Å². The van der Waals surface area contributed by atoms with E-state index in [0.29, 0.717) is 0 Å². The second kappa shape index (κ2) is 26.7. The Kier molecular flexibility index (Phi) is 22.6. The highest BCUT2D eigenvalue weighted by Gasteiger charge is 2.64. The van der Waals surface area contributed by atoms with Crippen LogP contribution < -0.4 is 10.2 Å². The van der Waals surface area contributed by atoms with Crippen LogP contribution in [0.25, 0.3) is 0 Å². The fourth-order valence-electron chi connectivity index (χ4n) is 10.7. The third kappa shape index (κ3) is 18.2. The molecule has 83 heavy (non-hydrogen) atoms. The van der Waals surface area contributed by atoms with Crippen LogP contribution in [0.4, 0.5) is 0 Å². The van der Waals surface area contributed by atoms with Crippen molar-refractivity contribution in [3.05, 3.63) is 0 Å². The molecular formula is C39H58O38S6-8. The van der Waals surface area contributed by atoms with Crippen molar-refractivity contribution >= 4 is 68.4 Å². The molecule has 0 aromatic carbocycles. The third-order valence-electron chi connectivity index (χ3n) is 15.2. The Bertz CT molecular complexity index is 2930. The minimum absolute atomic E-state index is 0.378. The van der Waals surface area contributed by atoms with Gasteiger partial charge in [0.25, 0.3) is 0 Å². The van der Waals surface area contributed by atoms with Crippen LogP contribution in [0.1, 0.15) is 55.4 Å². The number of carboxylic acid groups (broad SMARTS) is 1. The molecule has 486 valence electrons. The first-order valence-electron chi connectivity index (χ1n) is 24.6. The van der Waals surface area contributed by atoms with Crippen molar-refractivity contribution in [2.45, 2.75) is 166 Å². The maximum absolute atomic E-state index is 12.9. The quantitative estimate of drug-likeness (QED) is 0.0441. The van der Waals surface area contributed by atoms with Gasteiger partial charge in [-0.2, -0.15) is 0 Å². The fourth-order valence-corrected chi connectivity index (χ4v) is 13.2. The van der Waals surface area contributed by atoms with Crippen molar-refractivity contribution < 1.29 is 170 Å². The molecule has 7 fully saturated rings. The molecule has 7 heterocycles. The van der Waals surface area contributed by atoms with Crippen molar-refractivity contribution in [1.82, 2.24) is 0 Å². The Labute approximate surface area is 476 Å². The molecule has 0 aromatic rings. The van der Waals surface area contributed by atoms with Crippen LogP contribution >= 0.6 is 0 Å². The first-order chi connectivity index (χ1) is 37.9. The molecule has 2 bridgehead atoms. The van der Waals surface area contributed by atoms with E-state index >= 15 is 0 Å². The largest absolute Gasteiger partial charge is 0.834 e. The lowest BCUT2D eigenvalue weighted by Gasteiger charge is -2.58. The van der Waals surface area contributed by atoms with Crippen LogP contribution in [-0.4, -0.2) is 227 Å². The van der Waals surface area contributed by atoms with E-state index in [4.69, 9.17) is 56.3 Å². The summed E-state index contributed by atoms with van der Waals surface area (Å²) in [6.07, 6.45) is -33.9. The van der Waals surface area contributed by atoms with E-state index < -0.39 is 247 Å². The standard InChI is InChI=1S/C39H65O38S6/c1-14-15(2)22(9-63-78(43,44)45)67-35(17(14)4)70-27-16(3)18(5)36(72-31(27)34(41)42)71-29-24(11-65-80(49,50)51)68-37(32(77-83(58,59)60)30(29)76-82(55,56)57)73-33-20(7)28-38(74-39(33,12-61-28)62-13-40)69-26-19(6)25(75-81(52,53)54)21(8)66-23(26)10-64-79(46,47)48/h14-33,35-38H,9-13H2,1-8H3,(H,41,42)(H,43,44,45)(H,46,47,48)(H,49,50,51)(H,52,53,54)(H,55,56,57)(H,58,59,60)/q-1/p-7/t14?,15-,16?,17?,18?,19?,20+,21+,22-,23-,24?,25?,26-,27-,28+,29?,30-,31+,32?,33?,35+,36+,37-,38+,39?/m0/s1. The second-order valence-corrected chi connectivity index (χ2v) is 26.6. The van der Waals surface area contributed by atoms with Crippen molar-refractivity contribution in [2.75, 3.05) is 33.2 Å². The first kappa shape index (κ1) is 70.3. The number of fused-ring (bicyclic) bond motifs is 3. The van der Waals surface area contributed by atoms with E-state index in [2.05, 4.69) is 20.9 Å². The minimum Gasteiger partial charge on any atom is -0.834 e. The summed E-state index contributed by atoms with van der Waals surface area (Å²) in [6, 6.07) is 0. The van der Waals surface area contributed by atoms with Crippen LogP contribution in [-0.2, 0) is 144 Å². The van der Waals surface area contributed by atoms with E-state index in [0.717, 1.165) is 0 Å². The average molecular weight is 1330 g/mol. The van der Waals surface area contributed by atoms with Gasteiger partial charge in [0.15, 0.2) is 31.3 Å². The molecule has 0 amide bonds. The SMILES string of the molecule is CC1C(C)[C@H](C)[C@H](COS(=O)(=O)[O-])O[C@@H]1O[C@H]1C(C)C(C)[C@H](OC2C(COS(=O)(=O)[O-])O[C@@H](OC3[C@H](C)[C@H]4OCC3(OC[O-])O[C@H]4O[C@H]3C(C)C(OS(=O)(=O)[O-])[C@@H](C)O[C@H]3COS(=O)(=O)[O-])C(OS(=O)(=O)[O-])[C@H]2OS(=O)(=O)[O-])O[C@H]1C(=O)[O-]. The Morgan fingerprint density at radius 1 is 0.458 bits per heavy atom. The predicted octanol–water partition coefficient (Wildman–Crippen LogP) is -6.56. The van der Waals surface area contributed by atoms with E-state index in [9.17, 15) is 92.8 Å². The first-order valence-corrected chi connectivity index (χ1v) is 32.6. The zero-order valence-corrected chi connectivity index (χ0v) is 49.3. The number of carbonyl (C=O) groups is 1. The van der Waals surface area contributed by atoms with Gasteiger partial charge in [-0.3, -0.25) is 25.1 Å². The average Bonchev–Trinajstić information content (AvgIpc) is 1.47. The molecule has 0 aromatic heterocycles.